The molecule has 1 unspecified atom stereocenters. The van der Waals surface area contributed by atoms with E-state index in [0.717, 1.165) is 18.6 Å². The second-order valence-corrected chi connectivity index (χ2v) is 4.50. The Balaban J connectivity index is 2.14. The van der Waals surface area contributed by atoms with Crippen molar-refractivity contribution in [3.63, 3.8) is 0 Å². The van der Waals surface area contributed by atoms with Gasteiger partial charge in [0.25, 0.3) is 0 Å². The lowest BCUT2D eigenvalue weighted by molar-refractivity contribution is -0.121. The summed E-state index contributed by atoms with van der Waals surface area (Å²) in [5.41, 5.74) is 0. The maximum Gasteiger partial charge on any atom is 0.223 e. The predicted molar refractivity (Wildman–Crippen MR) is 75.0 cm³/mol. The van der Waals surface area contributed by atoms with E-state index in [2.05, 4.69) is 12.2 Å². The van der Waals surface area contributed by atoms with E-state index in [9.17, 15) is 4.79 Å². The quantitative estimate of drug-likeness (QED) is 0.718. The Hall–Kier alpha value is -1.55. The Bertz CT molecular complexity index is 354. The van der Waals surface area contributed by atoms with Gasteiger partial charge in [-0.15, -0.1) is 0 Å². The van der Waals surface area contributed by atoms with Crippen LogP contribution in [-0.2, 0) is 4.79 Å². The fourth-order valence-corrected chi connectivity index (χ4v) is 1.76. The van der Waals surface area contributed by atoms with Gasteiger partial charge in [0, 0.05) is 13.2 Å². The normalized spacial score (nSPS) is 11.9. The first kappa shape index (κ1) is 15.5. The van der Waals surface area contributed by atoms with Crippen molar-refractivity contribution in [1.82, 2.24) is 5.32 Å². The molecule has 19 heavy (non-hydrogen) atoms. The molecule has 1 amide bonds. The number of hydrogen-bond donors (Lipinski definition) is 2. The topological polar surface area (TPSA) is 58.6 Å². The first-order valence-corrected chi connectivity index (χ1v) is 6.81. The van der Waals surface area contributed by atoms with Crippen LogP contribution in [0.25, 0.3) is 0 Å². The lowest BCUT2D eigenvalue weighted by Gasteiger charge is -2.14. The van der Waals surface area contributed by atoms with E-state index in [1.54, 1.807) is 0 Å². The summed E-state index contributed by atoms with van der Waals surface area (Å²) in [6.07, 6.45) is 2.04. The third kappa shape index (κ3) is 6.82. The highest BCUT2D eigenvalue weighted by Gasteiger charge is 2.08. The number of ether oxygens (including phenoxy) is 1. The van der Waals surface area contributed by atoms with Crippen LogP contribution < -0.4 is 10.1 Å². The summed E-state index contributed by atoms with van der Waals surface area (Å²) in [6, 6.07) is 9.45. The van der Waals surface area contributed by atoms with Crippen LogP contribution in [0.3, 0.4) is 0 Å². The molecule has 0 aliphatic heterocycles. The summed E-state index contributed by atoms with van der Waals surface area (Å²) in [5.74, 6) is 1.12. The molecule has 0 saturated carbocycles. The number of hydrogen-bond acceptors (Lipinski definition) is 3. The Kier molecular flexibility index (Phi) is 7.66. The molecule has 0 bridgehead atoms. The molecule has 0 aliphatic carbocycles. The van der Waals surface area contributed by atoms with Gasteiger partial charge in [-0.3, -0.25) is 4.79 Å². The van der Waals surface area contributed by atoms with Crippen molar-refractivity contribution in [2.45, 2.75) is 26.2 Å². The highest BCUT2D eigenvalue weighted by molar-refractivity contribution is 5.75. The Morgan fingerprint density at radius 2 is 2.11 bits per heavy atom. The number of aliphatic hydroxyl groups is 1. The molecule has 4 heteroatoms. The molecule has 0 fully saturated rings. The van der Waals surface area contributed by atoms with Gasteiger partial charge in [0.05, 0.1) is 13.0 Å². The van der Waals surface area contributed by atoms with Crippen LogP contribution in [0.1, 0.15) is 26.2 Å². The number of carbonyl (C=O) groups is 1. The average molecular weight is 265 g/mol. The molecular formula is C15H23NO3. The molecule has 0 aromatic heterocycles. The number of para-hydroxylation sites is 1. The van der Waals surface area contributed by atoms with Crippen LogP contribution >= 0.6 is 0 Å². The van der Waals surface area contributed by atoms with Gasteiger partial charge in [0.1, 0.15) is 5.75 Å². The molecule has 1 rings (SSSR count). The standard InChI is InChI=1S/C15H23NO3/c1-2-13(8-10-17)12-16-15(18)9-11-19-14-6-4-3-5-7-14/h3-7,13,17H,2,8-12H2,1H3,(H,16,18). The first-order chi connectivity index (χ1) is 9.26. The summed E-state index contributed by atoms with van der Waals surface area (Å²) >= 11 is 0. The van der Waals surface area contributed by atoms with Gasteiger partial charge in [0.2, 0.25) is 5.91 Å². The monoisotopic (exact) mass is 265 g/mol. The third-order valence-electron chi connectivity index (χ3n) is 3.04. The molecule has 4 nitrogen and oxygen atoms in total. The minimum Gasteiger partial charge on any atom is -0.493 e. The fourth-order valence-electron chi connectivity index (χ4n) is 1.76. The maximum atomic E-state index is 11.6. The van der Waals surface area contributed by atoms with Crippen molar-refractivity contribution in [2.24, 2.45) is 5.92 Å². The number of amides is 1. The van der Waals surface area contributed by atoms with Crippen LogP contribution in [0.5, 0.6) is 5.75 Å². The SMILES string of the molecule is CCC(CCO)CNC(=O)CCOc1ccccc1. The minimum atomic E-state index is -0.00711. The van der Waals surface area contributed by atoms with Gasteiger partial charge < -0.3 is 15.2 Å². The zero-order valence-corrected chi connectivity index (χ0v) is 11.5. The molecule has 0 saturated heterocycles. The highest BCUT2D eigenvalue weighted by atomic mass is 16.5. The Morgan fingerprint density at radius 3 is 2.74 bits per heavy atom. The zero-order valence-electron chi connectivity index (χ0n) is 11.5. The molecule has 106 valence electrons. The first-order valence-electron chi connectivity index (χ1n) is 6.81. The van der Waals surface area contributed by atoms with Crippen molar-refractivity contribution < 1.29 is 14.6 Å². The van der Waals surface area contributed by atoms with E-state index in [-0.39, 0.29) is 12.5 Å². The smallest absolute Gasteiger partial charge is 0.223 e. The largest absolute Gasteiger partial charge is 0.493 e. The molecule has 0 radical (unpaired) electrons. The molecule has 1 aromatic rings. The number of rotatable bonds is 9. The number of aliphatic hydroxyl groups excluding tert-OH is 1. The second kappa shape index (κ2) is 9.39. The summed E-state index contributed by atoms with van der Waals surface area (Å²) < 4.78 is 5.46. The van der Waals surface area contributed by atoms with Crippen molar-refractivity contribution in [3.05, 3.63) is 30.3 Å². The summed E-state index contributed by atoms with van der Waals surface area (Å²) in [7, 11) is 0. The van der Waals surface area contributed by atoms with Gasteiger partial charge in [-0.2, -0.15) is 0 Å². The van der Waals surface area contributed by atoms with Gasteiger partial charge in [0.15, 0.2) is 0 Å². The van der Waals surface area contributed by atoms with Gasteiger partial charge in [-0.05, 0) is 24.5 Å². The maximum absolute atomic E-state index is 11.6. The summed E-state index contributed by atoms with van der Waals surface area (Å²) in [5, 5.41) is 11.7. The van der Waals surface area contributed by atoms with E-state index >= 15 is 0 Å². The van der Waals surface area contributed by atoms with E-state index in [0.29, 0.717) is 25.5 Å². The predicted octanol–water partition coefficient (Wildman–Crippen LogP) is 1.98. The van der Waals surface area contributed by atoms with Crippen LogP contribution in [0.4, 0.5) is 0 Å². The summed E-state index contributed by atoms with van der Waals surface area (Å²) in [6.45, 7) is 3.24. The molecule has 2 N–H and O–H groups in total. The van der Waals surface area contributed by atoms with E-state index in [4.69, 9.17) is 9.84 Å². The van der Waals surface area contributed by atoms with Crippen molar-refractivity contribution in [3.8, 4) is 5.75 Å². The van der Waals surface area contributed by atoms with Crippen LogP contribution in [-0.4, -0.2) is 30.8 Å². The Morgan fingerprint density at radius 1 is 1.37 bits per heavy atom. The lowest BCUT2D eigenvalue weighted by atomic mass is 10.0. The zero-order chi connectivity index (χ0) is 13.9. The highest BCUT2D eigenvalue weighted by Crippen LogP contribution is 2.08. The van der Waals surface area contributed by atoms with Crippen molar-refractivity contribution in [2.75, 3.05) is 19.8 Å². The van der Waals surface area contributed by atoms with Crippen LogP contribution in [0.2, 0.25) is 0 Å². The van der Waals surface area contributed by atoms with Crippen LogP contribution in [0, 0.1) is 5.92 Å². The van der Waals surface area contributed by atoms with Crippen molar-refractivity contribution in [1.29, 1.82) is 0 Å². The van der Waals surface area contributed by atoms with E-state index < -0.39 is 0 Å². The van der Waals surface area contributed by atoms with Crippen molar-refractivity contribution >= 4 is 5.91 Å². The van der Waals surface area contributed by atoms with Gasteiger partial charge in [-0.1, -0.05) is 31.5 Å². The average Bonchev–Trinajstić information content (AvgIpc) is 2.44. The molecule has 0 aliphatic rings. The second-order valence-electron chi connectivity index (χ2n) is 4.50. The van der Waals surface area contributed by atoms with Crippen LogP contribution in [0.15, 0.2) is 30.3 Å². The van der Waals surface area contributed by atoms with Gasteiger partial charge >= 0.3 is 0 Å². The third-order valence-corrected chi connectivity index (χ3v) is 3.04. The number of benzene rings is 1. The molecule has 1 atom stereocenters. The van der Waals surface area contributed by atoms with Gasteiger partial charge in [-0.25, -0.2) is 0 Å². The lowest BCUT2D eigenvalue weighted by Crippen LogP contribution is -2.30. The van der Waals surface area contributed by atoms with E-state index in [1.807, 2.05) is 30.3 Å². The summed E-state index contributed by atoms with van der Waals surface area (Å²) in [4.78, 5) is 11.6. The molecule has 0 heterocycles. The number of carbonyl (C=O) groups excluding carboxylic acids is 1. The van der Waals surface area contributed by atoms with E-state index in [1.165, 1.54) is 0 Å². The Labute approximate surface area is 114 Å². The fraction of sp³-hybridized carbons (Fsp3) is 0.533. The minimum absolute atomic E-state index is 0.00711. The molecule has 0 spiro atoms. The number of nitrogens with one attached hydrogen (secondary N) is 1. The molecular weight excluding hydrogens is 242 g/mol. The molecule has 1 aromatic carbocycles.